The predicted octanol–water partition coefficient (Wildman–Crippen LogP) is 1.74. The first-order chi connectivity index (χ1) is 9.11. The number of nitrogens with one attached hydrogen (secondary N) is 1. The van der Waals surface area contributed by atoms with Gasteiger partial charge >= 0.3 is 0 Å². The topological polar surface area (TPSA) is 50.7 Å². The van der Waals surface area contributed by atoms with E-state index in [4.69, 9.17) is 9.47 Å². The van der Waals surface area contributed by atoms with Gasteiger partial charge in [0.25, 0.3) is 0 Å². The zero-order valence-corrected chi connectivity index (χ0v) is 11.8. The summed E-state index contributed by atoms with van der Waals surface area (Å²) in [6.45, 7) is 5.53. The third kappa shape index (κ3) is 3.47. The lowest BCUT2D eigenvalue weighted by Gasteiger charge is -2.35. The van der Waals surface area contributed by atoms with Crippen molar-refractivity contribution in [1.82, 2.24) is 5.32 Å². The van der Waals surface area contributed by atoms with E-state index in [9.17, 15) is 5.11 Å². The van der Waals surface area contributed by atoms with Crippen LogP contribution in [0.3, 0.4) is 0 Å². The van der Waals surface area contributed by atoms with E-state index >= 15 is 0 Å². The van der Waals surface area contributed by atoms with Gasteiger partial charge < -0.3 is 19.9 Å². The molecule has 0 radical (unpaired) electrons. The maximum atomic E-state index is 10.5. The number of hydrogen-bond acceptors (Lipinski definition) is 4. The molecule has 4 heteroatoms. The first-order valence-electron chi connectivity index (χ1n) is 6.77. The van der Waals surface area contributed by atoms with Gasteiger partial charge in [-0.2, -0.15) is 0 Å². The van der Waals surface area contributed by atoms with E-state index < -0.39 is 6.10 Å². The second-order valence-electron chi connectivity index (χ2n) is 5.29. The molecule has 2 N–H and O–H groups in total. The number of ether oxygens (including phenoxy) is 2. The highest BCUT2D eigenvalue weighted by molar-refractivity contribution is 5.28. The average Bonchev–Trinajstić information content (AvgIpc) is 2.46. The van der Waals surface area contributed by atoms with Crippen LogP contribution in [0.2, 0.25) is 0 Å². The summed E-state index contributed by atoms with van der Waals surface area (Å²) in [4.78, 5) is 0. The molecule has 1 saturated heterocycles. The number of morpholine rings is 1. The van der Waals surface area contributed by atoms with Crippen molar-refractivity contribution in [2.24, 2.45) is 5.92 Å². The fraction of sp³-hybridized carbons (Fsp3) is 0.600. The van der Waals surface area contributed by atoms with E-state index in [-0.39, 0.29) is 12.0 Å². The Morgan fingerprint density at radius 1 is 1.32 bits per heavy atom. The maximum Gasteiger partial charge on any atom is 0.118 e. The minimum atomic E-state index is -0.502. The zero-order valence-electron chi connectivity index (χ0n) is 11.8. The van der Waals surface area contributed by atoms with Gasteiger partial charge in [0, 0.05) is 18.0 Å². The molecular formula is C15H23NO3. The number of hydrogen-bond donors (Lipinski definition) is 2. The van der Waals surface area contributed by atoms with E-state index in [2.05, 4.69) is 12.2 Å². The van der Waals surface area contributed by atoms with Gasteiger partial charge in [0.15, 0.2) is 0 Å². The lowest BCUT2D eigenvalue weighted by atomic mass is 9.90. The Kier molecular flexibility index (Phi) is 4.80. The van der Waals surface area contributed by atoms with Crippen molar-refractivity contribution < 1.29 is 14.6 Å². The molecule has 1 heterocycles. The Hall–Kier alpha value is -1.10. The molecule has 0 aromatic heterocycles. The average molecular weight is 265 g/mol. The van der Waals surface area contributed by atoms with Crippen LogP contribution in [0.4, 0.5) is 0 Å². The Balaban J connectivity index is 2.02. The van der Waals surface area contributed by atoms with Gasteiger partial charge in [-0.05, 0) is 24.6 Å². The van der Waals surface area contributed by atoms with Crippen LogP contribution in [0.5, 0.6) is 5.75 Å². The summed E-state index contributed by atoms with van der Waals surface area (Å²) in [5.41, 5.74) is 0.910. The lowest BCUT2D eigenvalue weighted by molar-refractivity contribution is 0.00173. The zero-order chi connectivity index (χ0) is 13.8. The molecule has 0 saturated carbocycles. The van der Waals surface area contributed by atoms with Crippen LogP contribution >= 0.6 is 0 Å². The van der Waals surface area contributed by atoms with E-state index in [1.54, 1.807) is 7.11 Å². The number of aliphatic hydroxyl groups is 1. The third-order valence-electron chi connectivity index (χ3n) is 3.75. The molecule has 106 valence electrons. The van der Waals surface area contributed by atoms with Gasteiger partial charge in [-0.1, -0.05) is 19.1 Å². The first kappa shape index (κ1) is 14.3. The van der Waals surface area contributed by atoms with Crippen molar-refractivity contribution in [3.63, 3.8) is 0 Å². The lowest BCUT2D eigenvalue weighted by Crippen LogP contribution is -2.51. The van der Waals surface area contributed by atoms with Gasteiger partial charge in [0.1, 0.15) is 5.75 Å². The van der Waals surface area contributed by atoms with Crippen molar-refractivity contribution >= 4 is 0 Å². The molecule has 0 spiro atoms. The summed E-state index contributed by atoms with van der Waals surface area (Å²) < 4.78 is 10.7. The molecule has 4 unspecified atom stereocenters. The first-order valence-corrected chi connectivity index (χ1v) is 6.77. The van der Waals surface area contributed by atoms with Crippen LogP contribution in [-0.4, -0.2) is 37.5 Å². The predicted molar refractivity (Wildman–Crippen MR) is 74.3 cm³/mol. The number of benzene rings is 1. The number of aliphatic hydroxyl groups excluding tert-OH is 1. The van der Waals surface area contributed by atoms with Gasteiger partial charge in [0.2, 0.25) is 0 Å². The van der Waals surface area contributed by atoms with Crippen molar-refractivity contribution in [3.8, 4) is 5.75 Å². The molecular weight excluding hydrogens is 242 g/mol. The highest BCUT2D eigenvalue weighted by Gasteiger charge is 2.29. The van der Waals surface area contributed by atoms with E-state index in [0.29, 0.717) is 12.6 Å². The van der Waals surface area contributed by atoms with Crippen LogP contribution in [0.15, 0.2) is 24.3 Å². The maximum absolute atomic E-state index is 10.5. The summed E-state index contributed by atoms with van der Waals surface area (Å²) in [7, 11) is 1.64. The molecule has 4 atom stereocenters. The van der Waals surface area contributed by atoms with Crippen molar-refractivity contribution in [2.45, 2.75) is 32.0 Å². The van der Waals surface area contributed by atoms with Crippen LogP contribution in [0.1, 0.15) is 25.5 Å². The van der Waals surface area contributed by atoms with E-state index in [1.165, 1.54) is 0 Å². The van der Waals surface area contributed by atoms with Gasteiger partial charge in [0.05, 0.1) is 26.4 Å². The summed E-state index contributed by atoms with van der Waals surface area (Å²) >= 11 is 0. The normalized spacial score (nSPS) is 26.7. The fourth-order valence-electron chi connectivity index (χ4n) is 2.46. The highest BCUT2D eigenvalue weighted by Crippen LogP contribution is 2.27. The Bertz CT molecular complexity index is 393. The third-order valence-corrected chi connectivity index (χ3v) is 3.75. The van der Waals surface area contributed by atoms with E-state index in [1.807, 2.05) is 31.2 Å². The van der Waals surface area contributed by atoms with Crippen molar-refractivity contribution in [3.05, 3.63) is 29.8 Å². The van der Waals surface area contributed by atoms with Crippen LogP contribution in [0, 0.1) is 5.92 Å². The largest absolute Gasteiger partial charge is 0.497 e. The summed E-state index contributed by atoms with van der Waals surface area (Å²) in [6, 6.07) is 8.09. The quantitative estimate of drug-likeness (QED) is 0.870. The molecule has 1 aromatic carbocycles. The van der Waals surface area contributed by atoms with Crippen molar-refractivity contribution in [2.75, 3.05) is 20.3 Å². The molecule has 4 nitrogen and oxygen atoms in total. The number of rotatable bonds is 4. The minimum Gasteiger partial charge on any atom is -0.497 e. The Morgan fingerprint density at radius 3 is 2.58 bits per heavy atom. The molecule has 1 aliphatic heterocycles. The van der Waals surface area contributed by atoms with E-state index in [0.717, 1.165) is 17.9 Å². The molecule has 1 aromatic rings. The minimum absolute atomic E-state index is 0.0937. The molecule has 1 aliphatic rings. The summed E-state index contributed by atoms with van der Waals surface area (Å²) in [6.07, 6.45) is -0.502. The van der Waals surface area contributed by atoms with Gasteiger partial charge in [-0.3, -0.25) is 0 Å². The number of methoxy groups -OCH3 is 1. The standard InChI is InChI=1S/C15H23NO3/c1-10-8-19-9-14(16-10)11(2)15(17)12-4-6-13(18-3)7-5-12/h4-7,10-11,14-17H,8-9H2,1-3H3. The smallest absolute Gasteiger partial charge is 0.118 e. The summed E-state index contributed by atoms with van der Waals surface area (Å²) in [5.74, 6) is 0.896. The molecule has 1 fully saturated rings. The monoisotopic (exact) mass is 265 g/mol. The second kappa shape index (κ2) is 6.37. The highest BCUT2D eigenvalue weighted by atomic mass is 16.5. The van der Waals surface area contributed by atoms with Crippen LogP contribution in [0.25, 0.3) is 0 Å². The fourth-order valence-corrected chi connectivity index (χ4v) is 2.46. The molecule has 0 aliphatic carbocycles. The second-order valence-corrected chi connectivity index (χ2v) is 5.29. The van der Waals surface area contributed by atoms with Gasteiger partial charge in [-0.25, -0.2) is 0 Å². The van der Waals surface area contributed by atoms with Gasteiger partial charge in [-0.15, -0.1) is 0 Å². The molecule has 2 rings (SSSR count). The molecule has 19 heavy (non-hydrogen) atoms. The Labute approximate surface area is 114 Å². The SMILES string of the molecule is COc1ccc(C(O)C(C)C2COCC(C)N2)cc1. The molecule has 0 bridgehead atoms. The van der Waals surface area contributed by atoms with Crippen LogP contribution in [-0.2, 0) is 4.74 Å². The Morgan fingerprint density at radius 2 is 2.00 bits per heavy atom. The van der Waals surface area contributed by atoms with Crippen LogP contribution < -0.4 is 10.1 Å². The van der Waals surface area contributed by atoms with Crippen molar-refractivity contribution in [1.29, 1.82) is 0 Å². The molecule has 0 amide bonds. The summed E-state index contributed by atoms with van der Waals surface area (Å²) in [5, 5.41) is 13.9.